The number of nitrogens with zero attached hydrogens (tertiary/aromatic N) is 2. The van der Waals surface area contributed by atoms with Crippen LogP contribution in [0.15, 0.2) is 95.7 Å². The van der Waals surface area contributed by atoms with Gasteiger partial charge in [-0.1, -0.05) is 71.7 Å². The first-order valence-electron chi connectivity index (χ1n) is 11.7. The maximum Gasteiger partial charge on any atom is 0.205 e. The van der Waals surface area contributed by atoms with Gasteiger partial charge in [0.05, 0.1) is 11.8 Å². The Morgan fingerprint density at radius 3 is 1.42 bits per heavy atom. The summed E-state index contributed by atoms with van der Waals surface area (Å²) < 4.78 is 12.1. The molecule has 0 spiro atoms. The second-order valence-corrected chi connectivity index (χ2v) is 9.90. The van der Waals surface area contributed by atoms with Crippen LogP contribution in [0.25, 0.3) is 10.8 Å². The third kappa shape index (κ3) is 3.63. The van der Waals surface area contributed by atoms with Crippen molar-refractivity contribution in [1.29, 1.82) is 10.5 Å². The van der Waals surface area contributed by atoms with Crippen LogP contribution in [0.1, 0.15) is 34.1 Å². The Bertz CT molecular complexity index is 1680. The number of ether oxygens (including phenoxy) is 2. The molecule has 184 valence electrons. The van der Waals surface area contributed by atoms with E-state index in [0.29, 0.717) is 32.7 Å². The molecule has 0 saturated carbocycles. The highest BCUT2D eigenvalue weighted by Crippen LogP contribution is 2.51. The maximum absolute atomic E-state index is 9.92. The summed E-state index contributed by atoms with van der Waals surface area (Å²) in [5.74, 6) is 0.168. The molecule has 0 bridgehead atoms. The quantitative estimate of drug-likeness (QED) is 0.298. The van der Waals surface area contributed by atoms with E-state index in [9.17, 15) is 10.5 Å². The summed E-state index contributed by atoms with van der Waals surface area (Å²) in [6.45, 7) is 0. The zero-order valence-corrected chi connectivity index (χ0v) is 21.2. The molecule has 2 aliphatic rings. The molecular formula is C30H18Cl2N4O2. The zero-order valence-electron chi connectivity index (χ0n) is 19.7. The minimum Gasteiger partial charge on any atom is -0.440 e. The van der Waals surface area contributed by atoms with E-state index in [2.05, 4.69) is 12.1 Å². The third-order valence-corrected chi connectivity index (χ3v) is 7.39. The van der Waals surface area contributed by atoms with Crippen LogP contribution in [0.2, 0.25) is 10.0 Å². The van der Waals surface area contributed by atoms with Crippen molar-refractivity contribution in [3.8, 4) is 23.6 Å². The number of allylic oxidation sites excluding steroid dienone is 2. The van der Waals surface area contributed by atoms with E-state index in [1.165, 1.54) is 0 Å². The van der Waals surface area contributed by atoms with E-state index in [-0.39, 0.29) is 11.8 Å². The van der Waals surface area contributed by atoms with Crippen molar-refractivity contribution in [2.45, 2.75) is 11.8 Å². The molecule has 6 rings (SSSR count). The molecule has 2 aliphatic heterocycles. The van der Waals surface area contributed by atoms with Crippen LogP contribution in [0.4, 0.5) is 0 Å². The SMILES string of the molecule is N#CC1=C(N)Oc2c(ccc3c4c(ccc23)C(c2cccc(Cl)c2)C(C#N)=C(N)O4)C1c1cccc(Cl)c1. The number of benzene rings is 4. The lowest BCUT2D eigenvalue weighted by atomic mass is 9.80. The van der Waals surface area contributed by atoms with Gasteiger partial charge in [-0.3, -0.25) is 0 Å². The highest BCUT2D eigenvalue weighted by Gasteiger charge is 2.35. The van der Waals surface area contributed by atoms with Crippen LogP contribution >= 0.6 is 23.2 Å². The minimum atomic E-state index is -0.460. The zero-order chi connectivity index (χ0) is 26.6. The van der Waals surface area contributed by atoms with E-state index in [0.717, 1.165) is 33.0 Å². The molecule has 0 saturated heterocycles. The van der Waals surface area contributed by atoms with Gasteiger partial charge in [0.15, 0.2) is 0 Å². The van der Waals surface area contributed by atoms with Crippen LogP contribution in [0, 0.1) is 22.7 Å². The number of nitrogens with two attached hydrogens (primary N) is 2. The Balaban J connectivity index is 1.59. The van der Waals surface area contributed by atoms with Crippen molar-refractivity contribution in [3.63, 3.8) is 0 Å². The van der Waals surface area contributed by atoms with Crippen molar-refractivity contribution in [2.24, 2.45) is 11.5 Å². The summed E-state index contributed by atoms with van der Waals surface area (Å²) in [6, 6.07) is 26.7. The van der Waals surface area contributed by atoms with Crippen LogP contribution in [0.3, 0.4) is 0 Å². The molecule has 0 radical (unpaired) electrons. The van der Waals surface area contributed by atoms with Crippen LogP contribution in [0.5, 0.6) is 11.5 Å². The first-order valence-corrected chi connectivity index (χ1v) is 12.4. The Morgan fingerprint density at radius 2 is 1.05 bits per heavy atom. The van der Waals surface area contributed by atoms with Crippen LogP contribution in [-0.4, -0.2) is 0 Å². The first kappa shape index (κ1) is 23.8. The molecule has 0 amide bonds. The average molecular weight is 537 g/mol. The molecular weight excluding hydrogens is 519 g/mol. The van der Waals surface area contributed by atoms with Gasteiger partial charge in [-0.2, -0.15) is 10.5 Å². The Morgan fingerprint density at radius 1 is 0.632 bits per heavy atom. The van der Waals surface area contributed by atoms with Gasteiger partial charge in [-0.15, -0.1) is 0 Å². The van der Waals surface area contributed by atoms with Gasteiger partial charge in [0, 0.05) is 31.9 Å². The molecule has 2 unspecified atom stereocenters. The van der Waals surface area contributed by atoms with Gasteiger partial charge in [-0.25, -0.2) is 0 Å². The number of hydrogen-bond donors (Lipinski definition) is 2. The molecule has 8 heteroatoms. The van der Waals surface area contributed by atoms with E-state index >= 15 is 0 Å². The monoisotopic (exact) mass is 536 g/mol. The summed E-state index contributed by atoms with van der Waals surface area (Å²) in [4.78, 5) is 0. The normalized spacial score (nSPS) is 18.1. The smallest absolute Gasteiger partial charge is 0.205 e. The van der Waals surface area contributed by atoms with Crippen molar-refractivity contribution in [3.05, 3.63) is 128 Å². The van der Waals surface area contributed by atoms with Crippen molar-refractivity contribution in [1.82, 2.24) is 0 Å². The number of rotatable bonds is 2. The number of hydrogen-bond acceptors (Lipinski definition) is 6. The Hall–Kier alpha value is -4.62. The lowest BCUT2D eigenvalue weighted by Gasteiger charge is -2.30. The first-order chi connectivity index (χ1) is 18.4. The van der Waals surface area contributed by atoms with Crippen LogP contribution in [-0.2, 0) is 0 Å². The van der Waals surface area contributed by atoms with Gasteiger partial charge in [-0.05, 0) is 35.4 Å². The van der Waals surface area contributed by atoms with Gasteiger partial charge in [0.1, 0.15) is 34.8 Å². The Labute approximate surface area is 228 Å². The van der Waals surface area contributed by atoms with Gasteiger partial charge in [0.25, 0.3) is 0 Å². The summed E-state index contributed by atoms with van der Waals surface area (Å²) in [5, 5.41) is 22.4. The largest absolute Gasteiger partial charge is 0.440 e. The predicted molar refractivity (Wildman–Crippen MR) is 145 cm³/mol. The summed E-state index contributed by atoms with van der Waals surface area (Å²) >= 11 is 12.6. The second-order valence-electron chi connectivity index (χ2n) is 9.02. The fourth-order valence-corrected chi connectivity index (χ4v) is 5.69. The number of fused-ring (bicyclic) bond motifs is 5. The topological polar surface area (TPSA) is 118 Å². The molecule has 38 heavy (non-hydrogen) atoms. The van der Waals surface area contributed by atoms with Crippen molar-refractivity contribution < 1.29 is 9.47 Å². The highest BCUT2D eigenvalue weighted by atomic mass is 35.5. The van der Waals surface area contributed by atoms with E-state index in [4.69, 9.17) is 44.1 Å². The van der Waals surface area contributed by atoms with Gasteiger partial charge >= 0.3 is 0 Å². The molecule has 4 aromatic rings. The standard InChI is InChI=1S/C30H18Cl2N4O2/c31-17-5-1-3-15(11-17)25-21-9-7-20-19(27(21)37-29(35)23(25)13-33)8-10-22-26(16-4-2-6-18(32)12-16)24(14-34)30(36)38-28(20)22/h1-12,25-26H,35-36H2. The molecule has 6 nitrogen and oxygen atoms in total. The van der Waals surface area contributed by atoms with Gasteiger partial charge < -0.3 is 20.9 Å². The molecule has 4 aromatic carbocycles. The molecule has 0 aromatic heterocycles. The molecule has 2 atom stereocenters. The summed E-state index contributed by atoms with van der Waals surface area (Å²) in [6.07, 6.45) is 0. The van der Waals surface area contributed by atoms with Gasteiger partial charge in [0.2, 0.25) is 11.8 Å². The summed E-state index contributed by atoms with van der Waals surface area (Å²) in [7, 11) is 0. The Kier molecular flexibility index (Phi) is 5.65. The fourth-order valence-electron chi connectivity index (χ4n) is 5.30. The fraction of sp³-hybridized carbons (Fsp3) is 0.0667. The third-order valence-electron chi connectivity index (χ3n) is 6.92. The van der Waals surface area contributed by atoms with Crippen molar-refractivity contribution in [2.75, 3.05) is 0 Å². The highest BCUT2D eigenvalue weighted by molar-refractivity contribution is 6.31. The lowest BCUT2D eigenvalue weighted by Crippen LogP contribution is -2.22. The lowest BCUT2D eigenvalue weighted by molar-refractivity contribution is 0.393. The minimum absolute atomic E-state index is 0.0269. The number of nitriles is 2. The maximum atomic E-state index is 9.92. The van der Waals surface area contributed by atoms with Crippen LogP contribution < -0.4 is 20.9 Å². The molecule has 0 fully saturated rings. The van der Waals surface area contributed by atoms with E-state index < -0.39 is 11.8 Å². The summed E-state index contributed by atoms with van der Waals surface area (Å²) in [5.41, 5.74) is 16.3. The number of halogens is 2. The predicted octanol–water partition coefficient (Wildman–Crippen LogP) is 6.58. The molecule has 0 aliphatic carbocycles. The van der Waals surface area contributed by atoms with Crippen molar-refractivity contribution >= 4 is 34.0 Å². The van der Waals surface area contributed by atoms with E-state index in [1.807, 2.05) is 60.7 Å². The average Bonchev–Trinajstić information content (AvgIpc) is 2.91. The second kappa shape index (κ2) is 9.04. The molecule has 2 heterocycles. The van der Waals surface area contributed by atoms with E-state index in [1.54, 1.807) is 12.1 Å². The molecule has 4 N–H and O–H groups in total.